The van der Waals surface area contributed by atoms with Gasteiger partial charge < -0.3 is 10.2 Å². The summed E-state index contributed by atoms with van der Waals surface area (Å²) in [6, 6.07) is 2.25. The van der Waals surface area contributed by atoms with Gasteiger partial charge >= 0.3 is 0 Å². The SMILES string of the molecule is Cc1cc(C(N)C2CCCC2)co1. The van der Waals surface area contributed by atoms with Crippen LogP contribution in [0.5, 0.6) is 0 Å². The lowest BCUT2D eigenvalue weighted by molar-refractivity contribution is 0.439. The normalized spacial score (nSPS) is 20.8. The molecule has 0 amide bonds. The zero-order chi connectivity index (χ0) is 9.26. The molecular weight excluding hydrogens is 162 g/mol. The highest BCUT2D eigenvalue weighted by atomic mass is 16.3. The fraction of sp³-hybridized carbons (Fsp3) is 0.636. The smallest absolute Gasteiger partial charge is 0.101 e. The van der Waals surface area contributed by atoms with Crippen LogP contribution in [0.15, 0.2) is 16.7 Å². The molecule has 1 aromatic rings. The Morgan fingerprint density at radius 3 is 2.69 bits per heavy atom. The maximum Gasteiger partial charge on any atom is 0.101 e. The van der Waals surface area contributed by atoms with Crippen LogP contribution in [0, 0.1) is 12.8 Å². The van der Waals surface area contributed by atoms with Crippen molar-refractivity contribution in [3.05, 3.63) is 23.7 Å². The van der Waals surface area contributed by atoms with Gasteiger partial charge in [0.15, 0.2) is 0 Å². The van der Waals surface area contributed by atoms with Gasteiger partial charge in [-0.1, -0.05) is 12.8 Å². The Morgan fingerprint density at radius 2 is 2.15 bits per heavy atom. The highest BCUT2D eigenvalue weighted by Gasteiger charge is 2.23. The van der Waals surface area contributed by atoms with Crippen molar-refractivity contribution in [3.8, 4) is 0 Å². The molecule has 1 aliphatic rings. The minimum atomic E-state index is 0.194. The van der Waals surface area contributed by atoms with Crippen LogP contribution in [-0.2, 0) is 0 Å². The maximum atomic E-state index is 6.15. The van der Waals surface area contributed by atoms with Gasteiger partial charge in [-0.15, -0.1) is 0 Å². The van der Waals surface area contributed by atoms with Crippen LogP contribution < -0.4 is 5.73 Å². The number of nitrogens with two attached hydrogens (primary N) is 1. The second-order valence-corrected chi connectivity index (χ2v) is 4.06. The van der Waals surface area contributed by atoms with E-state index in [2.05, 4.69) is 6.07 Å². The molecule has 13 heavy (non-hydrogen) atoms. The minimum absolute atomic E-state index is 0.194. The van der Waals surface area contributed by atoms with Crippen LogP contribution in [-0.4, -0.2) is 0 Å². The van der Waals surface area contributed by atoms with Gasteiger partial charge in [0.25, 0.3) is 0 Å². The zero-order valence-electron chi connectivity index (χ0n) is 8.12. The van der Waals surface area contributed by atoms with E-state index in [-0.39, 0.29) is 6.04 Å². The topological polar surface area (TPSA) is 39.2 Å². The molecule has 0 spiro atoms. The summed E-state index contributed by atoms with van der Waals surface area (Å²) in [7, 11) is 0. The van der Waals surface area contributed by atoms with E-state index in [0.29, 0.717) is 5.92 Å². The third kappa shape index (κ3) is 1.78. The van der Waals surface area contributed by atoms with Crippen LogP contribution in [0.25, 0.3) is 0 Å². The van der Waals surface area contributed by atoms with E-state index >= 15 is 0 Å². The summed E-state index contributed by atoms with van der Waals surface area (Å²) in [5.41, 5.74) is 7.32. The van der Waals surface area contributed by atoms with Gasteiger partial charge in [0, 0.05) is 11.6 Å². The van der Waals surface area contributed by atoms with Gasteiger partial charge in [0.05, 0.1) is 6.26 Å². The molecule has 1 atom stereocenters. The molecular formula is C11H17NO. The Hall–Kier alpha value is -0.760. The molecule has 0 aliphatic heterocycles. The molecule has 2 rings (SSSR count). The van der Waals surface area contributed by atoms with Crippen molar-refractivity contribution in [2.45, 2.75) is 38.6 Å². The number of aryl methyl sites for hydroxylation is 1. The lowest BCUT2D eigenvalue weighted by Gasteiger charge is -2.16. The van der Waals surface area contributed by atoms with E-state index in [9.17, 15) is 0 Å². The van der Waals surface area contributed by atoms with Gasteiger partial charge in [-0.25, -0.2) is 0 Å². The third-order valence-electron chi connectivity index (χ3n) is 3.04. The van der Waals surface area contributed by atoms with Crippen LogP contribution in [0.2, 0.25) is 0 Å². The fourth-order valence-electron chi connectivity index (χ4n) is 2.23. The van der Waals surface area contributed by atoms with Crippen molar-refractivity contribution >= 4 is 0 Å². The Morgan fingerprint density at radius 1 is 1.46 bits per heavy atom. The first-order chi connectivity index (χ1) is 6.27. The van der Waals surface area contributed by atoms with Crippen LogP contribution >= 0.6 is 0 Å². The molecule has 2 nitrogen and oxygen atoms in total. The second kappa shape index (κ2) is 3.54. The van der Waals surface area contributed by atoms with Crippen molar-refractivity contribution in [1.82, 2.24) is 0 Å². The summed E-state index contributed by atoms with van der Waals surface area (Å²) in [6.45, 7) is 1.96. The predicted octanol–water partition coefficient (Wildman–Crippen LogP) is 2.78. The average molecular weight is 179 g/mol. The summed E-state index contributed by atoms with van der Waals surface area (Å²) in [4.78, 5) is 0. The van der Waals surface area contributed by atoms with Crippen molar-refractivity contribution in [2.24, 2.45) is 11.7 Å². The van der Waals surface area contributed by atoms with Crippen molar-refractivity contribution in [3.63, 3.8) is 0 Å². The lowest BCUT2D eigenvalue weighted by Crippen LogP contribution is -2.18. The standard InChI is InChI=1S/C11H17NO/c1-8-6-10(7-13-8)11(12)9-4-2-3-5-9/h6-7,9,11H,2-5,12H2,1H3. The number of hydrogen-bond acceptors (Lipinski definition) is 2. The van der Waals surface area contributed by atoms with E-state index in [1.165, 1.54) is 31.2 Å². The first-order valence-corrected chi connectivity index (χ1v) is 5.08. The van der Waals surface area contributed by atoms with Gasteiger partial charge in [-0.2, -0.15) is 0 Å². The molecule has 0 aromatic carbocycles. The van der Waals surface area contributed by atoms with Gasteiger partial charge in [-0.05, 0) is 31.7 Å². The van der Waals surface area contributed by atoms with E-state index in [1.54, 1.807) is 6.26 Å². The molecule has 1 heterocycles. The zero-order valence-corrected chi connectivity index (χ0v) is 8.12. The Balaban J connectivity index is 2.07. The largest absolute Gasteiger partial charge is 0.469 e. The first-order valence-electron chi connectivity index (χ1n) is 5.08. The van der Waals surface area contributed by atoms with Crippen molar-refractivity contribution in [2.75, 3.05) is 0 Å². The summed E-state index contributed by atoms with van der Waals surface area (Å²) in [5.74, 6) is 1.64. The minimum Gasteiger partial charge on any atom is -0.469 e. The molecule has 1 saturated carbocycles. The summed E-state index contributed by atoms with van der Waals surface area (Å²) >= 11 is 0. The second-order valence-electron chi connectivity index (χ2n) is 4.06. The molecule has 1 aromatic heterocycles. The molecule has 0 bridgehead atoms. The molecule has 2 N–H and O–H groups in total. The Bertz CT molecular complexity index is 273. The average Bonchev–Trinajstić information content (AvgIpc) is 2.72. The van der Waals surface area contributed by atoms with E-state index in [0.717, 1.165) is 5.76 Å². The monoisotopic (exact) mass is 179 g/mol. The molecule has 1 fully saturated rings. The maximum absolute atomic E-state index is 6.15. The Labute approximate surface area is 79.1 Å². The van der Waals surface area contributed by atoms with Gasteiger partial charge in [0.2, 0.25) is 0 Å². The van der Waals surface area contributed by atoms with Crippen molar-refractivity contribution in [1.29, 1.82) is 0 Å². The Kier molecular flexibility index (Phi) is 2.40. The number of hydrogen-bond donors (Lipinski definition) is 1. The number of furan rings is 1. The highest BCUT2D eigenvalue weighted by Crippen LogP contribution is 2.34. The lowest BCUT2D eigenvalue weighted by atomic mass is 9.94. The van der Waals surface area contributed by atoms with E-state index in [4.69, 9.17) is 10.2 Å². The number of rotatable bonds is 2. The van der Waals surface area contributed by atoms with Crippen molar-refractivity contribution < 1.29 is 4.42 Å². The molecule has 72 valence electrons. The summed E-state index contributed by atoms with van der Waals surface area (Å²) in [6.07, 6.45) is 7.06. The molecule has 2 heteroatoms. The third-order valence-corrected chi connectivity index (χ3v) is 3.04. The molecule has 1 unspecified atom stereocenters. The van der Waals surface area contributed by atoms with Gasteiger partial charge in [0.1, 0.15) is 5.76 Å². The summed E-state index contributed by atoms with van der Waals surface area (Å²) in [5, 5.41) is 0. The fourth-order valence-corrected chi connectivity index (χ4v) is 2.23. The molecule has 0 radical (unpaired) electrons. The summed E-state index contributed by atoms with van der Waals surface area (Å²) < 4.78 is 5.27. The first kappa shape index (κ1) is 8.82. The van der Waals surface area contributed by atoms with Crippen LogP contribution in [0.4, 0.5) is 0 Å². The molecule has 0 saturated heterocycles. The van der Waals surface area contributed by atoms with Crippen LogP contribution in [0.1, 0.15) is 43.0 Å². The van der Waals surface area contributed by atoms with Crippen LogP contribution in [0.3, 0.4) is 0 Å². The van der Waals surface area contributed by atoms with E-state index in [1.807, 2.05) is 6.92 Å². The molecule has 1 aliphatic carbocycles. The van der Waals surface area contributed by atoms with E-state index < -0.39 is 0 Å². The quantitative estimate of drug-likeness (QED) is 0.758. The highest BCUT2D eigenvalue weighted by molar-refractivity contribution is 5.17. The van der Waals surface area contributed by atoms with Gasteiger partial charge in [-0.3, -0.25) is 0 Å². The predicted molar refractivity (Wildman–Crippen MR) is 52.3 cm³/mol.